The molecule has 0 radical (unpaired) electrons. The maximum absolute atomic E-state index is 13.4. The monoisotopic (exact) mass is 386 g/mol. The molecule has 1 nitrogen and oxygen atoms in total. The molecule has 0 aliphatic heterocycles. The quantitative estimate of drug-likeness (QED) is 0.152. The van der Waals surface area contributed by atoms with Gasteiger partial charge in [-0.2, -0.15) is 0 Å². The van der Waals surface area contributed by atoms with E-state index in [4.69, 9.17) is 0 Å². The van der Waals surface area contributed by atoms with Crippen LogP contribution in [0.2, 0.25) is 0 Å². The lowest BCUT2D eigenvalue weighted by atomic mass is 10.1. The summed E-state index contributed by atoms with van der Waals surface area (Å²) >= 11 is -0.613. The first-order chi connectivity index (χ1) is 12.7. The van der Waals surface area contributed by atoms with E-state index >= 15 is 0 Å². The van der Waals surface area contributed by atoms with E-state index in [1.165, 1.54) is 116 Å². The topological polar surface area (TPSA) is 23.1 Å². The standard InChI is InChI=1S/C24H50OS/c1-5-9-13-15-17-21-23(19-11-7-3)26(25)24(20-12-8-4)22-18-16-14-10-6-2/h23-24H,5-22H2,1-4H3. The second-order valence-electron chi connectivity index (χ2n) is 8.26. The van der Waals surface area contributed by atoms with Gasteiger partial charge in [0.15, 0.2) is 0 Å². The molecule has 0 spiro atoms. The lowest BCUT2D eigenvalue weighted by Crippen LogP contribution is -2.32. The summed E-state index contributed by atoms with van der Waals surface area (Å²) in [7, 11) is 0. The van der Waals surface area contributed by atoms with E-state index in [1.807, 2.05) is 0 Å². The SMILES string of the molecule is CCCCCCCC(CCCC)[S+]([O-])C(CCCC)CCCCCCC. The Morgan fingerprint density at radius 2 is 0.769 bits per heavy atom. The third-order valence-electron chi connectivity index (χ3n) is 5.68. The zero-order chi connectivity index (χ0) is 19.5. The first-order valence-corrected chi connectivity index (χ1v) is 13.4. The van der Waals surface area contributed by atoms with Gasteiger partial charge in [0, 0.05) is 0 Å². The molecule has 0 aliphatic rings. The average Bonchev–Trinajstić information content (AvgIpc) is 2.65. The summed E-state index contributed by atoms with van der Waals surface area (Å²) in [6.07, 6.45) is 23.1. The van der Waals surface area contributed by atoms with Crippen LogP contribution in [0.3, 0.4) is 0 Å². The third kappa shape index (κ3) is 14.4. The Kier molecular flexibility index (Phi) is 20.3. The minimum atomic E-state index is -0.613. The summed E-state index contributed by atoms with van der Waals surface area (Å²) in [6, 6.07) is 0. The van der Waals surface area contributed by atoms with Crippen LogP contribution in [0.4, 0.5) is 0 Å². The van der Waals surface area contributed by atoms with Gasteiger partial charge in [-0.25, -0.2) is 0 Å². The summed E-state index contributed by atoms with van der Waals surface area (Å²) in [5.41, 5.74) is 0. The molecule has 0 saturated carbocycles. The van der Waals surface area contributed by atoms with E-state index in [0.717, 1.165) is 0 Å². The molecule has 0 bridgehead atoms. The maximum Gasteiger partial charge on any atom is 0.115 e. The Labute approximate surface area is 169 Å². The molecule has 2 atom stereocenters. The fraction of sp³-hybridized carbons (Fsp3) is 1.00. The molecule has 0 amide bonds. The van der Waals surface area contributed by atoms with Gasteiger partial charge in [0.05, 0.1) is 0 Å². The minimum Gasteiger partial charge on any atom is -0.616 e. The normalized spacial score (nSPS) is 15.1. The maximum atomic E-state index is 13.4. The van der Waals surface area contributed by atoms with E-state index in [9.17, 15) is 4.55 Å². The van der Waals surface area contributed by atoms with Crippen molar-refractivity contribution in [2.75, 3.05) is 0 Å². The lowest BCUT2D eigenvalue weighted by Gasteiger charge is -2.29. The van der Waals surface area contributed by atoms with E-state index in [0.29, 0.717) is 10.5 Å². The summed E-state index contributed by atoms with van der Waals surface area (Å²) < 4.78 is 13.4. The van der Waals surface area contributed by atoms with E-state index in [-0.39, 0.29) is 0 Å². The summed E-state index contributed by atoms with van der Waals surface area (Å²) in [5.74, 6) is 0. The van der Waals surface area contributed by atoms with Crippen LogP contribution in [0.5, 0.6) is 0 Å². The first-order valence-electron chi connectivity index (χ1n) is 12.1. The molecule has 158 valence electrons. The van der Waals surface area contributed by atoms with Gasteiger partial charge in [0.2, 0.25) is 0 Å². The number of hydrogen-bond donors (Lipinski definition) is 0. The molecule has 0 aromatic rings. The smallest absolute Gasteiger partial charge is 0.115 e. The van der Waals surface area contributed by atoms with Gasteiger partial charge in [-0.15, -0.1) is 0 Å². The molecule has 0 rings (SSSR count). The van der Waals surface area contributed by atoms with Gasteiger partial charge < -0.3 is 4.55 Å². The third-order valence-corrected chi connectivity index (χ3v) is 7.93. The predicted molar refractivity (Wildman–Crippen MR) is 122 cm³/mol. The van der Waals surface area contributed by atoms with Crippen molar-refractivity contribution < 1.29 is 4.55 Å². The van der Waals surface area contributed by atoms with Crippen LogP contribution in [0.1, 0.15) is 143 Å². The minimum absolute atomic E-state index is 0.467. The first kappa shape index (κ1) is 26.3. The zero-order valence-corrected chi connectivity index (χ0v) is 19.5. The Morgan fingerprint density at radius 3 is 1.12 bits per heavy atom. The van der Waals surface area contributed by atoms with Crippen molar-refractivity contribution >= 4 is 11.2 Å². The fourth-order valence-electron chi connectivity index (χ4n) is 3.84. The molecule has 2 heteroatoms. The highest BCUT2D eigenvalue weighted by molar-refractivity contribution is 7.92. The van der Waals surface area contributed by atoms with Gasteiger partial charge in [-0.05, 0) is 62.5 Å². The largest absolute Gasteiger partial charge is 0.616 e. The molecule has 0 aliphatic carbocycles. The molecule has 0 saturated heterocycles. The highest BCUT2D eigenvalue weighted by Crippen LogP contribution is 2.27. The fourth-order valence-corrected chi connectivity index (χ4v) is 5.98. The zero-order valence-electron chi connectivity index (χ0n) is 18.7. The van der Waals surface area contributed by atoms with E-state index in [1.54, 1.807) is 0 Å². The summed E-state index contributed by atoms with van der Waals surface area (Å²) in [5, 5.41) is 0.933. The van der Waals surface area contributed by atoms with Crippen molar-refractivity contribution in [3.8, 4) is 0 Å². The van der Waals surface area contributed by atoms with E-state index < -0.39 is 11.2 Å². The number of hydrogen-bond acceptors (Lipinski definition) is 1. The van der Waals surface area contributed by atoms with Crippen LogP contribution in [0.15, 0.2) is 0 Å². The van der Waals surface area contributed by atoms with E-state index in [2.05, 4.69) is 27.7 Å². The molecule has 0 aromatic carbocycles. The van der Waals surface area contributed by atoms with Gasteiger partial charge in [0.1, 0.15) is 10.5 Å². The molecular formula is C24H50OS. The Hall–Kier alpha value is 0.310. The number of unbranched alkanes of at least 4 members (excludes halogenated alkanes) is 10. The molecule has 0 N–H and O–H groups in total. The van der Waals surface area contributed by atoms with Crippen LogP contribution in [0.25, 0.3) is 0 Å². The van der Waals surface area contributed by atoms with Crippen LogP contribution < -0.4 is 0 Å². The second kappa shape index (κ2) is 20.1. The molecule has 2 unspecified atom stereocenters. The van der Waals surface area contributed by atoms with Gasteiger partial charge in [-0.3, -0.25) is 0 Å². The van der Waals surface area contributed by atoms with Crippen LogP contribution in [-0.2, 0) is 11.2 Å². The van der Waals surface area contributed by atoms with Crippen LogP contribution >= 0.6 is 0 Å². The highest BCUT2D eigenvalue weighted by Gasteiger charge is 2.29. The van der Waals surface area contributed by atoms with Gasteiger partial charge in [-0.1, -0.05) is 91.9 Å². The van der Waals surface area contributed by atoms with Crippen molar-refractivity contribution in [2.24, 2.45) is 0 Å². The van der Waals surface area contributed by atoms with Crippen molar-refractivity contribution in [3.05, 3.63) is 0 Å². The predicted octanol–water partition coefficient (Wildman–Crippen LogP) is 8.57. The Bertz CT molecular complexity index is 243. The number of rotatable bonds is 20. The van der Waals surface area contributed by atoms with Crippen LogP contribution in [-0.4, -0.2) is 15.1 Å². The van der Waals surface area contributed by atoms with Crippen molar-refractivity contribution in [1.82, 2.24) is 0 Å². The average molecular weight is 387 g/mol. The lowest BCUT2D eigenvalue weighted by molar-refractivity contribution is 0.494. The molecule has 0 fully saturated rings. The summed E-state index contributed by atoms with van der Waals surface area (Å²) in [6.45, 7) is 9.09. The van der Waals surface area contributed by atoms with Crippen molar-refractivity contribution in [2.45, 2.75) is 154 Å². The van der Waals surface area contributed by atoms with Gasteiger partial charge in [0.25, 0.3) is 0 Å². The summed E-state index contributed by atoms with van der Waals surface area (Å²) in [4.78, 5) is 0. The second-order valence-corrected chi connectivity index (χ2v) is 10.3. The molecule has 26 heavy (non-hydrogen) atoms. The molecule has 0 aromatic heterocycles. The Morgan fingerprint density at radius 1 is 0.462 bits per heavy atom. The van der Waals surface area contributed by atoms with Crippen molar-refractivity contribution in [3.63, 3.8) is 0 Å². The van der Waals surface area contributed by atoms with Gasteiger partial charge >= 0.3 is 0 Å². The molecular weight excluding hydrogens is 336 g/mol. The van der Waals surface area contributed by atoms with Crippen LogP contribution in [0, 0.1) is 0 Å². The molecule has 0 heterocycles. The highest BCUT2D eigenvalue weighted by atomic mass is 32.2. The van der Waals surface area contributed by atoms with Crippen molar-refractivity contribution in [1.29, 1.82) is 0 Å². The Balaban J connectivity index is 4.50.